The Labute approximate surface area is 164 Å². The number of oxime groups is 2. The van der Waals surface area contributed by atoms with Gasteiger partial charge in [0, 0.05) is 59.1 Å². The molecule has 0 atom stereocenters. The van der Waals surface area contributed by atoms with Crippen molar-refractivity contribution in [2.24, 2.45) is 10.3 Å². The number of nitrogens with zero attached hydrogens (tertiary/aromatic N) is 4. The van der Waals surface area contributed by atoms with Gasteiger partial charge in [-0.25, -0.2) is 18.2 Å². The highest BCUT2D eigenvalue weighted by molar-refractivity contribution is 8.75. The van der Waals surface area contributed by atoms with E-state index in [4.69, 9.17) is 9.68 Å². The molecule has 0 aliphatic carbocycles. The highest BCUT2D eigenvalue weighted by atomic mass is 33.1. The van der Waals surface area contributed by atoms with E-state index in [1.165, 1.54) is 22.7 Å². The molecule has 0 aromatic rings. The fourth-order valence-electron chi connectivity index (χ4n) is 1.13. The number of hydrogen-bond donors (Lipinski definition) is 0. The molecule has 0 unspecified atom stereocenters. The molecule has 0 N–H and O–H groups in total. The Morgan fingerprint density at radius 1 is 0.833 bits per heavy atom. The summed E-state index contributed by atoms with van der Waals surface area (Å²) in [6.45, 7) is 0. The van der Waals surface area contributed by atoms with Crippen molar-refractivity contribution in [1.82, 2.24) is 8.61 Å². The van der Waals surface area contributed by atoms with Crippen LogP contribution in [0.15, 0.2) is 10.3 Å². The maximum Gasteiger partial charge on any atom is 0.446 e. The second kappa shape index (κ2) is 10.9. The van der Waals surface area contributed by atoms with Crippen LogP contribution in [0.4, 0.5) is 9.59 Å². The van der Waals surface area contributed by atoms with E-state index >= 15 is 0 Å². The van der Waals surface area contributed by atoms with Gasteiger partial charge in [0.2, 0.25) is 0 Å². The van der Waals surface area contributed by atoms with Gasteiger partial charge in [-0.05, 0) is 0 Å². The summed E-state index contributed by atoms with van der Waals surface area (Å²) < 4.78 is 3.96. The minimum Gasteiger partial charge on any atom is -0.296 e. The molecule has 0 spiro atoms. The minimum atomic E-state index is -0.617. The van der Waals surface area contributed by atoms with Crippen molar-refractivity contribution in [3.8, 4) is 0 Å². The van der Waals surface area contributed by atoms with E-state index in [-0.39, 0.29) is 0 Å². The molecular weight excluding hydrogens is 433 g/mol. The first-order valence-electron chi connectivity index (χ1n) is 6.47. The number of carbonyl (C=O) groups excluding carboxylic acids is 2. The number of carbonyl (C=O) groups is 2. The smallest absolute Gasteiger partial charge is 0.296 e. The predicted octanol–water partition coefficient (Wildman–Crippen LogP) is 3.84. The van der Waals surface area contributed by atoms with Gasteiger partial charge in [0.15, 0.2) is 8.75 Å². The van der Waals surface area contributed by atoms with Gasteiger partial charge in [-0.1, -0.05) is 57.4 Å². The second-order valence-corrected chi connectivity index (χ2v) is 11.1. The third-order valence-electron chi connectivity index (χ3n) is 2.24. The fourth-order valence-corrected chi connectivity index (χ4v) is 6.55. The highest BCUT2D eigenvalue weighted by Crippen LogP contribution is 2.30. The number of amides is 2. The van der Waals surface area contributed by atoms with Crippen LogP contribution >= 0.6 is 69.0 Å². The molecule has 2 fully saturated rings. The summed E-state index contributed by atoms with van der Waals surface area (Å²) in [5, 5.41) is 7.56. The van der Waals surface area contributed by atoms with Crippen LogP contribution in [-0.4, -0.2) is 66.7 Å². The summed E-state index contributed by atoms with van der Waals surface area (Å²) in [7, 11) is 5.10. The minimum absolute atomic E-state index is 0.617. The Kier molecular flexibility index (Phi) is 9.18. The van der Waals surface area contributed by atoms with Crippen LogP contribution in [0.1, 0.15) is 0 Å². The zero-order valence-corrected chi connectivity index (χ0v) is 17.6. The van der Waals surface area contributed by atoms with Crippen molar-refractivity contribution < 1.29 is 19.3 Å². The normalized spacial score (nSPS) is 16.8. The van der Waals surface area contributed by atoms with Gasteiger partial charge in [0.05, 0.1) is 0 Å². The van der Waals surface area contributed by atoms with Gasteiger partial charge in [0.25, 0.3) is 0 Å². The molecule has 2 heterocycles. The van der Waals surface area contributed by atoms with Crippen molar-refractivity contribution in [3.63, 3.8) is 0 Å². The zero-order valence-electron chi connectivity index (χ0n) is 12.7. The van der Waals surface area contributed by atoms with E-state index in [0.717, 1.165) is 53.7 Å². The topological polar surface area (TPSA) is 83.8 Å². The Morgan fingerprint density at radius 3 is 1.50 bits per heavy atom. The maximum atomic E-state index is 11.8. The Bertz CT molecular complexity index is 471. The standard InChI is InChI=1S/C10H14N4O4S6/c1-13(9(15)17-11-7-19-3-4-20-7)23-24-14(2)10(16)18-12-8-21-5-6-22-8/h3-6H2,1-2H3. The predicted molar refractivity (Wildman–Crippen MR) is 108 cm³/mol. The Morgan fingerprint density at radius 2 is 1.17 bits per heavy atom. The molecule has 2 amide bonds. The van der Waals surface area contributed by atoms with E-state index in [1.54, 1.807) is 47.0 Å². The third kappa shape index (κ3) is 7.07. The molecule has 0 aromatic heterocycles. The molecule has 2 aliphatic heterocycles. The number of hydrogen-bond acceptors (Lipinski definition) is 12. The van der Waals surface area contributed by atoms with Crippen molar-refractivity contribution in [2.45, 2.75) is 0 Å². The molecule has 2 rings (SSSR count). The van der Waals surface area contributed by atoms with E-state index in [1.807, 2.05) is 0 Å². The van der Waals surface area contributed by atoms with Crippen LogP contribution in [0.25, 0.3) is 0 Å². The largest absolute Gasteiger partial charge is 0.446 e. The van der Waals surface area contributed by atoms with Crippen molar-refractivity contribution in [2.75, 3.05) is 37.1 Å². The van der Waals surface area contributed by atoms with Crippen LogP contribution in [0.5, 0.6) is 0 Å². The van der Waals surface area contributed by atoms with Crippen LogP contribution in [-0.2, 0) is 9.68 Å². The SMILES string of the molecule is CN(SSN(C)C(=O)ON=C1SCCS1)C(=O)ON=C1SCCS1. The van der Waals surface area contributed by atoms with Gasteiger partial charge in [-0.15, -0.1) is 0 Å². The van der Waals surface area contributed by atoms with Crippen molar-refractivity contribution >= 4 is 89.9 Å². The van der Waals surface area contributed by atoms with Gasteiger partial charge < -0.3 is 0 Å². The van der Waals surface area contributed by atoms with Crippen molar-refractivity contribution in [1.29, 1.82) is 0 Å². The number of rotatable bonds is 5. The van der Waals surface area contributed by atoms with Crippen molar-refractivity contribution in [3.05, 3.63) is 0 Å². The summed E-state index contributed by atoms with van der Waals surface area (Å²) >= 11 is 6.22. The molecular formula is C10H14N4O4S6. The first kappa shape index (κ1) is 20.3. The van der Waals surface area contributed by atoms with Crippen LogP contribution < -0.4 is 0 Å². The van der Waals surface area contributed by atoms with Gasteiger partial charge in [-0.2, -0.15) is 0 Å². The fraction of sp³-hybridized carbons (Fsp3) is 0.600. The van der Waals surface area contributed by atoms with Gasteiger partial charge >= 0.3 is 12.2 Å². The summed E-state index contributed by atoms with van der Waals surface area (Å²) in [5.41, 5.74) is 0. The van der Waals surface area contributed by atoms with E-state index in [0.29, 0.717) is 0 Å². The molecule has 8 nitrogen and oxygen atoms in total. The quantitative estimate of drug-likeness (QED) is 0.269. The Hall–Kier alpha value is -0.0200. The first-order chi connectivity index (χ1) is 11.6. The van der Waals surface area contributed by atoms with E-state index in [9.17, 15) is 9.59 Å². The molecule has 14 heteroatoms. The monoisotopic (exact) mass is 446 g/mol. The molecule has 0 aromatic carbocycles. The lowest BCUT2D eigenvalue weighted by atomic mass is 11.0. The molecule has 0 bridgehead atoms. The average Bonchev–Trinajstić information content (AvgIpc) is 3.28. The number of thioether (sulfide) groups is 4. The summed E-state index contributed by atoms with van der Waals surface area (Å²) in [4.78, 5) is 33.2. The van der Waals surface area contributed by atoms with Crippen LogP contribution in [0, 0.1) is 0 Å². The third-order valence-corrected chi connectivity index (χ3v) is 9.44. The molecule has 24 heavy (non-hydrogen) atoms. The van der Waals surface area contributed by atoms with E-state index in [2.05, 4.69) is 10.3 Å². The highest BCUT2D eigenvalue weighted by Gasteiger charge is 2.19. The maximum absolute atomic E-state index is 11.8. The first-order valence-corrected chi connectivity index (χ1v) is 12.5. The summed E-state index contributed by atoms with van der Waals surface area (Å²) in [6, 6.07) is 0. The average molecular weight is 447 g/mol. The summed E-state index contributed by atoms with van der Waals surface area (Å²) in [6.07, 6.45) is -1.23. The van der Waals surface area contributed by atoms with Crippen LogP contribution in [0.2, 0.25) is 0 Å². The zero-order chi connectivity index (χ0) is 17.4. The molecule has 2 aliphatic rings. The lowest BCUT2D eigenvalue weighted by Crippen LogP contribution is -2.22. The molecule has 0 saturated carbocycles. The lowest BCUT2D eigenvalue weighted by Gasteiger charge is -2.16. The molecule has 0 radical (unpaired) electrons. The lowest BCUT2D eigenvalue weighted by molar-refractivity contribution is 0.136. The molecule has 134 valence electrons. The van der Waals surface area contributed by atoms with E-state index < -0.39 is 12.2 Å². The van der Waals surface area contributed by atoms with Gasteiger partial charge in [0.1, 0.15) is 0 Å². The van der Waals surface area contributed by atoms with Crippen LogP contribution in [0.3, 0.4) is 0 Å². The van der Waals surface area contributed by atoms with Gasteiger partial charge in [-0.3, -0.25) is 9.68 Å². The second-order valence-electron chi connectivity index (χ2n) is 3.97. The summed E-state index contributed by atoms with van der Waals surface area (Å²) in [5.74, 6) is 3.87. The molecule has 2 saturated heterocycles. The Balaban J connectivity index is 1.66.